The standard InChI is InChI=1S/C23H27F3N4O/c1-17-5-8-19(21(13-17)31-16-23(24,25)26)15-29-22(27-2)28-14-18-6-9-20(10-7-18)30-11-3-4-12-30/h3-10,13H,11-12,14-16H2,1-2H3,(H2,27,28,29). The number of guanidine groups is 1. The van der Waals surface area contributed by atoms with Crippen LogP contribution in [0, 0.1) is 6.92 Å². The van der Waals surface area contributed by atoms with Gasteiger partial charge in [-0.25, -0.2) is 0 Å². The summed E-state index contributed by atoms with van der Waals surface area (Å²) >= 11 is 0. The van der Waals surface area contributed by atoms with Crippen molar-refractivity contribution >= 4 is 11.6 Å². The van der Waals surface area contributed by atoms with Crippen LogP contribution in [0.4, 0.5) is 18.9 Å². The Kier molecular flexibility index (Phi) is 7.44. The van der Waals surface area contributed by atoms with Crippen LogP contribution in [0.2, 0.25) is 0 Å². The van der Waals surface area contributed by atoms with Crippen LogP contribution < -0.4 is 20.3 Å². The van der Waals surface area contributed by atoms with E-state index >= 15 is 0 Å². The van der Waals surface area contributed by atoms with Gasteiger partial charge in [0.2, 0.25) is 0 Å². The highest BCUT2D eigenvalue weighted by molar-refractivity contribution is 5.79. The molecule has 31 heavy (non-hydrogen) atoms. The van der Waals surface area contributed by atoms with E-state index in [-0.39, 0.29) is 12.3 Å². The lowest BCUT2D eigenvalue weighted by molar-refractivity contribution is -0.153. The van der Waals surface area contributed by atoms with Gasteiger partial charge in [-0.2, -0.15) is 13.2 Å². The van der Waals surface area contributed by atoms with Crippen molar-refractivity contribution in [3.05, 3.63) is 71.3 Å². The second-order valence-electron chi connectivity index (χ2n) is 7.34. The predicted octanol–water partition coefficient (Wildman–Crippen LogP) is 4.18. The summed E-state index contributed by atoms with van der Waals surface area (Å²) in [6.07, 6.45) is -0.0790. The molecule has 0 aliphatic carbocycles. The number of aryl methyl sites for hydroxylation is 1. The molecule has 1 aliphatic heterocycles. The monoisotopic (exact) mass is 432 g/mol. The molecule has 0 saturated heterocycles. The van der Waals surface area contributed by atoms with Crippen molar-refractivity contribution in [1.82, 2.24) is 10.6 Å². The number of hydrogen-bond donors (Lipinski definition) is 2. The van der Waals surface area contributed by atoms with Gasteiger partial charge in [-0.15, -0.1) is 0 Å². The fourth-order valence-corrected chi connectivity index (χ4v) is 3.20. The maximum absolute atomic E-state index is 12.5. The Balaban J connectivity index is 1.53. The number of nitrogens with one attached hydrogen (secondary N) is 2. The summed E-state index contributed by atoms with van der Waals surface area (Å²) in [4.78, 5) is 6.46. The van der Waals surface area contributed by atoms with Gasteiger partial charge in [-0.1, -0.05) is 36.4 Å². The third kappa shape index (κ3) is 6.94. The van der Waals surface area contributed by atoms with Gasteiger partial charge in [0.25, 0.3) is 0 Å². The first kappa shape index (κ1) is 22.5. The molecular weight excluding hydrogens is 405 g/mol. The van der Waals surface area contributed by atoms with Gasteiger partial charge >= 0.3 is 6.18 Å². The van der Waals surface area contributed by atoms with E-state index in [9.17, 15) is 13.2 Å². The van der Waals surface area contributed by atoms with E-state index in [1.165, 1.54) is 5.69 Å². The van der Waals surface area contributed by atoms with E-state index in [4.69, 9.17) is 4.74 Å². The number of nitrogens with zero attached hydrogens (tertiary/aromatic N) is 2. The summed E-state index contributed by atoms with van der Waals surface area (Å²) in [6, 6.07) is 13.5. The van der Waals surface area contributed by atoms with Crippen molar-refractivity contribution in [2.24, 2.45) is 4.99 Å². The van der Waals surface area contributed by atoms with Crippen LogP contribution in [0.1, 0.15) is 16.7 Å². The van der Waals surface area contributed by atoms with Crippen molar-refractivity contribution in [2.45, 2.75) is 26.2 Å². The third-order valence-corrected chi connectivity index (χ3v) is 4.86. The smallest absolute Gasteiger partial charge is 0.422 e. The largest absolute Gasteiger partial charge is 0.484 e. The summed E-state index contributed by atoms with van der Waals surface area (Å²) in [5, 5.41) is 6.35. The Morgan fingerprint density at radius 2 is 1.71 bits per heavy atom. The minimum Gasteiger partial charge on any atom is -0.484 e. The zero-order valence-corrected chi connectivity index (χ0v) is 17.7. The van der Waals surface area contributed by atoms with Crippen molar-refractivity contribution < 1.29 is 17.9 Å². The Labute approximate surface area is 180 Å². The van der Waals surface area contributed by atoms with Gasteiger partial charge in [-0.05, 0) is 36.2 Å². The number of alkyl halides is 3. The average molecular weight is 432 g/mol. The summed E-state index contributed by atoms with van der Waals surface area (Å²) in [5.74, 6) is 0.766. The maximum atomic E-state index is 12.5. The molecule has 5 nitrogen and oxygen atoms in total. The normalized spacial score (nSPS) is 14.1. The topological polar surface area (TPSA) is 48.9 Å². The lowest BCUT2D eigenvalue weighted by Crippen LogP contribution is -2.36. The quantitative estimate of drug-likeness (QED) is 0.392. The van der Waals surface area contributed by atoms with Gasteiger partial charge in [0.15, 0.2) is 12.6 Å². The molecule has 0 unspecified atom stereocenters. The Hall–Kier alpha value is -3.16. The average Bonchev–Trinajstić information content (AvgIpc) is 3.28. The van der Waals surface area contributed by atoms with Gasteiger partial charge in [-0.3, -0.25) is 4.99 Å². The molecule has 0 fully saturated rings. The molecule has 0 atom stereocenters. The molecule has 0 radical (unpaired) electrons. The molecule has 1 aliphatic rings. The maximum Gasteiger partial charge on any atom is 0.422 e. The summed E-state index contributed by atoms with van der Waals surface area (Å²) in [5.41, 5.74) is 3.74. The second kappa shape index (κ2) is 10.2. The van der Waals surface area contributed by atoms with Crippen LogP contribution in [0.25, 0.3) is 0 Å². The molecule has 0 amide bonds. The van der Waals surface area contributed by atoms with Crippen molar-refractivity contribution in [1.29, 1.82) is 0 Å². The first-order valence-corrected chi connectivity index (χ1v) is 10.1. The molecular formula is C23H27F3N4O. The number of ether oxygens (including phenoxy) is 1. The van der Waals surface area contributed by atoms with Gasteiger partial charge < -0.3 is 20.3 Å². The molecule has 8 heteroatoms. The van der Waals surface area contributed by atoms with Gasteiger partial charge in [0.05, 0.1) is 0 Å². The number of halogens is 3. The van der Waals surface area contributed by atoms with Crippen molar-refractivity contribution in [3.63, 3.8) is 0 Å². The number of rotatable bonds is 7. The van der Waals surface area contributed by atoms with Crippen LogP contribution in [0.15, 0.2) is 59.6 Å². The molecule has 2 aromatic carbocycles. The van der Waals surface area contributed by atoms with Crippen LogP contribution >= 0.6 is 0 Å². The van der Waals surface area contributed by atoms with E-state index < -0.39 is 12.8 Å². The molecule has 0 saturated carbocycles. The van der Waals surface area contributed by atoms with Crippen LogP contribution in [0.3, 0.4) is 0 Å². The molecule has 2 N–H and O–H groups in total. The van der Waals surface area contributed by atoms with Gasteiger partial charge in [0, 0.05) is 44.5 Å². The van der Waals surface area contributed by atoms with E-state index in [1.807, 2.05) is 13.0 Å². The minimum absolute atomic E-state index is 0.215. The fraction of sp³-hybridized carbons (Fsp3) is 0.348. The van der Waals surface area contributed by atoms with E-state index in [0.717, 1.165) is 24.2 Å². The Morgan fingerprint density at radius 3 is 2.35 bits per heavy atom. The summed E-state index contributed by atoms with van der Waals surface area (Å²) < 4.78 is 42.6. The predicted molar refractivity (Wildman–Crippen MR) is 118 cm³/mol. The molecule has 0 spiro atoms. The highest BCUT2D eigenvalue weighted by Gasteiger charge is 2.28. The minimum atomic E-state index is -4.38. The van der Waals surface area contributed by atoms with E-state index in [2.05, 4.69) is 56.9 Å². The lowest BCUT2D eigenvalue weighted by Gasteiger charge is -2.18. The molecule has 0 aromatic heterocycles. The third-order valence-electron chi connectivity index (χ3n) is 4.86. The second-order valence-corrected chi connectivity index (χ2v) is 7.34. The van der Waals surface area contributed by atoms with Crippen LogP contribution in [0.5, 0.6) is 5.75 Å². The zero-order chi connectivity index (χ0) is 22.3. The highest BCUT2D eigenvalue weighted by Crippen LogP contribution is 2.24. The van der Waals surface area contributed by atoms with Crippen LogP contribution in [-0.4, -0.2) is 38.9 Å². The SMILES string of the molecule is CN=C(NCc1ccc(N2CC=CC2)cc1)NCc1ccc(C)cc1OCC(F)(F)F. The first-order chi connectivity index (χ1) is 14.8. The number of benzene rings is 2. The Morgan fingerprint density at radius 1 is 1.03 bits per heavy atom. The molecule has 1 heterocycles. The first-order valence-electron chi connectivity index (χ1n) is 10.1. The summed E-state index contributed by atoms with van der Waals surface area (Å²) in [7, 11) is 1.65. The lowest BCUT2D eigenvalue weighted by atomic mass is 10.1. The molecule has 0 bridgehead atoms. The van der Waals surface area contributed by atoms with E-state index in [0.29, 0.717) is 18.1 Å². The fourth-order valence-electron chi connectivity index (χ4n) is 3.20. The van der Waals surface area contributed by atoms with Crippen LogP contribution in [-0.2, 0) is 13.1 Å². The van der Waals surface area contributed by atoms with Crippen molar-refractivity contribution in [2.75, 3.05) is 31.6 Å². The number of anilines is 1. The number of hydrogen-bond acceptors (Lipinski definition) is 3. The molecule has 166 valence electrons. The van der Waals surface area contributed by atoms with Gasteiger partial charge in [0.1, 0.15) is 5.75 Å². The highest BCUT2D eigenvalue weighted by atomic mass is 19.4. The van der Waals surface area contributed by atoms with E-state index in [1.54, 1.807) is 19.2 Å². The zero-order valence-electron chi connectivity index (χ0n) is 17.7. The summed E-state index contributed by atoms with van der Waals surface area (Å²) in [6.45, 7) is 3.21. The number of aliphatic imine (C=N–C) groups is 1. The molecule has 2 aromatic rings. The Bertz CT molecular complexity index is 915. The van der Waals surface area contributed by atoms with Crippen molar-refractivity contribution in [3.8, 4) is 5.75 Å². The molecule has 3 rings (SSSR count).